The van der Waals surface area contributed by atoms with Crippen molar-refractivity contribution in [2.24, 2.45) is 5.92 Å². The second-order valence-electron chi connectivity index (χ2n) is 4.45. The van der Waals surface area contributed by atoms with Crippen LogP contribution >= 0.6 is 15.9 Å². The van der Waals surface area contributed by atoms with Gasteiger partial charge in [-0.05, 0) is 30.5 Å². The molecule has 0 amide bonds. The average Bonchev–Trinajstić information content (AvgIpc) is 2.21. The first kappa shape index (κ1) is 12.4. The van der Waals surface area contributed by atoms with Gasteiger partial charge in [0.25, 0.3) is 0 Å². The van der Waals surface area contributed by atoms with Gasteiger partial charge in [0.2, 0.25) is 0 Å². The van der Waals surface area contributed by atoms with E-state index in [9.17, 15) is 4.79 Å². The minimum atomic E-state index is -0.325. The van der Waals surface area contributed by atoms with Crippen LogP contribution in [0.15, 0.2) is 22.7 Å². The summed E-state index contributed by atoms with van der Waals surface area (Å²) >= 11 is 3.30. The highest BCUT2D eigenvalue weighted by Gasteiger charge is 2.18. The lowest BCUT2D eigenvalue weighted by Gasteiger charge is -2.24. The Bertz CT molecular complexity index is 416. The van der Waals surface area contributed by atoms with Crippen molar-refractivity contribution in [3.63, 3.8) is 0 Å². The summed E-state index contributed by atoms with van der Waals surface area (Å²) in [4.78, 5) is 11.7. The molecule has 0 radical (unpaired) electrons. The monoisotopic (exact) mass is 297 g/mol. The van der Waals surface area contributed by atoms with Gasteiger partial charge in [-0.25, -0.2) is 4.79 Å². The van der Waals surface area contributed by atoms with Gasteiger partial charge in [0.1, 0.15) is 0 Å². The molecule has 0 atom stereocenters. The topological polar surface area (TPSA) is 52.3 Å². The third-order valence-corrected chi connectivity index (χ3v) is 3.71. The zero-order valence-electron chi connectivity index (χ0n) is 9.62. The number of carbonyl (C=O) groups is 1. The smallest absolute Gasteiger partial charge is 0.340 e. The van der Waals surface area contributed by atoms with Crippen molar-refractivity contribution in [1.82, 2.24) is 0 Å². The first-order chi connectivity index (χ1) is 8.16. The molecule has 3 nitrogen and oxygen atoms in total. The Hall–Kier alpha value is -1.03. The summed E-state index contributed by atoms with van der Waals surface area (Å²) in [5, 5.41) is 0. The van der Waals surface area contributed by atoms with E-state index in [-0.39, 0.29) is 5.97 Å². The Labute approximate surface area is 109 Å². The molecular formula is C13H16BrNO2. The lowest BCUT2D eigenvalue weighted by Crippen LogP contribution is -2.16. The molecule has 1 fully saturated rings. The second-order valence-corrected chi connectivity index (χ2v) is 5.37. The highest BCUT2D eigenvalue weighted by molar-refractivity contribution is 9.10. The van der Waals surface area contributed by atoms with E-state index in [1.807, 2.05) is 0 Å². The average molecular weight is 298 g/mol. The van der Waals surface area contributed by atoms with E-state index in [2.05, 4.69) is 15.9 Å². The number of benzene rings is 1. The standard InChI is InChI=1S/C13H16BrNO2/c14-10-4-5-11(12(15)8-10)13(16)17-7-6-9-2-1-3-9/h4-5,8-9H,1-3,6-7,15H2. The number of esters is 1. The fourth-order valence-corrected chi connectivity index (χ4v) is 2.28. The van der Waals surface area contributed by atoms with E-state index in [4.69, 9.17) is 10.5 Å². The van der Waals surface area contributed by atoms with Crippen LogP contribution in [0, 0.1) is 5.92 Å². The summed E-state index contributed by atoms with van der Waals surface area (Å²) in [6.07, 6.45) is 4.84. The molecule has 17 heavy (non-hydrogen) atoms. The van der Waals surface area contributed by atoms with Crippen LogP contribution in [0.3, 0.4) is 0 Å². The van der Waals surface area contributed by atoms with Gasteiger partial charge in [0.15, 0.2) is 0 Å². The maximum absolute atomic E-state index is 11.7. The predicted molar refractivity (Wildman–Crippen MR) is 70.8 cm³/mol. The SMILES string of the molecule is Nc1cc(Br)ccc1C(=O)OCCC1CCC1. The zero-order valence-corrected chi connectivity index (χ0v) is 11.2. The molecule has 0 bridgehead atoms. The van der Waals surface area contributed by atoms with Gasteiger partial charge in [0.05, 0.1) is 12.2 Å². The predicted octanol–water partition coefficient (Wildman–Crippen LogP) is 3.38. The largest absolute Gasteiger partial charge is 0.462 e. The molecule has 0 spiro atoms. The van der Waals surface area contributed by atoms with E-state index in [1.165, 1.54) is 19.3 Å². The molecule has 0 unspecified atom stereocenters. The van der Waals surface area contributed by atoms with Crippen molar-refractivity contribution in [3.8, 4) is 0 Å². The molecular weight excluding hydrogens is 282 g/mol. The molecule has 2 rings (SSSR count). The van der Waals surface area contributed by atoms with Gasteiger partial charge in [0, 0.05) is 10.2 Å². The maximum atomic E-state index is 11.7. The van der Waals surface area contributed by atoms with Crippen molar-refractivity contribution >= 4 is 27.6 Å². The molecule has 1 aromatic rings. The molecule has 1 aliphatic rings. The first-order valence-electron chi connectivity index (χ1n) is 5.89. The zero-order chi connectivity index (χ0) is 12.3. The Morgan fingerprint density at radius 1 is 1.47 bits per heavy atom. The number of nitrogens with two attached hydrogens (primary N) is 1. The van der Waals surface area contributed by atoms with Crippen molar-refractivity contribution in [1.29, 1.82) is 0 Å². The second kappa shape index (κ2) is 5.54. The number of hydrogen-bond donors (Lipinski definition) is 1. The van der Waals surface area contributed by atoms with Crippen LogP contribution in [0.25, 0.3) is 0 Å². The van der Waals surface area contributed by atoms with Crippen molar-refractivity contribution in [3.05, 3.63) is 28.2 Å². The number of anilines is 1. The van der Waals surface area contributed by atoms with Crippen LogP contribution in [-0.4, -0.2) is 12.6 Å². The number of nitrogen functional groups attached to an aromatic ring is 1. The summed E-state index contributed by atoms with van der Waals surface area (Å²) in [5.74, 6) is 0.430. The van der Waals surface area contributed by atoms with E-state index in [0.717, 1.165) is 16.8 Å². The van der Waals surface area contributed by atoms with Crippen LogP contribution in [0.5, 0.6) is 0 Å². The Kier molecular flexibility index (Phi) is 4.05. The van der Waals surface area contributed by atoms with Gasteiger partial charge in [-0.1, -0.05) is 35.2 Å². The number of rotatable bonds is 4. The summed E-state index contributed by atoms with van der Waals surface area (Å²) in [6, 6.07) is 5.19. The third kappa shape index (κ3) is 3.22. The van der Waals surface area contributed by atoms with Gasteiger partial charge in [-0.2, -0.15) is 0 Å². The minimum absolute atomic E-state index is 0.325. The molecule has 0 aliphatic heterocycles. The molecule has 1 aliphatic carbocycles. The number of hydrogen-bond acceptors (Lipinski definition) is 3. The number of ether oxygens (including phenoxy) is 1. The molecule has 2 N–H and O–H groups in total. The van der Waals surface area contributed by atoms with Crippen molar-refractivity contribution in [2.45, 2.75) is 25.7 Å². The Balaban J connectivity index is 1.85. The van der Waals surface area contributed by atoms with Crippen LogP contribution in [0.4, 0.5) is 5.69 Å². The molecule has 1 saturated carbocycles. The van der Waals surface area contributed by atoms with E-state index < -0.39 is 0 Å². The molecule has 4 heteroatoms. The highest BCUT2D eigenvalue weighted by Crippen LogP contribution is 2.29. The summed E-state index contributed by atoms with van der Waals surface area (Å²) in [7, 11) is 0. The van der Waals surface area contributed by atoms with Gasteiger partial charge < -0.3 is 10.5 Å². The van der Waals surface area contributed by atoms with E-state index in [1.54, 1.807) is 18.2 Å². The maximum Gasteiger partial charge on any atom is 0.340 e. The number of halogens is 1. The summed E-state index contributed by atoms with van der Waals surface area (Å²) < 4.78 is 6.08. The highest BCUT2D eigenvalue weighted by atomic mass is 79.9. The lowest BCUT2D eigenvalue weighted by molar-refractivity contribution is 0.0465. The third-order valence-electron chi connectivity index (χ3n) is 3.22. The van der Waals surface area contributed by atoms with Gasteiger partial charge in [-0.3, -0.25) is 0 Å². The Morgan fingerprint density at radius 3 is 2.82 bits per heavy atom. The van der Waals surface area contributed by atoms with Crippen LogP contribution in [0.2, 0.25) is 0 Å². The summed E-state index contributed by atoms with van der Waals surface area (Å²) in [6.45, 7) is 0.499. The first-order valence-corrected chi connectivity index (χ1v) is 6.68. The minimum Gasteiger partial charge on any atom is -0.462 e. The lowest BCUT2D eigenvalue weighted by atomic mass is 9.83. The number of carbonyl (C=O) groups excluding carboxylic acids is 1. The Morgan fingerprint density at radius 2 is 2.24 bits per heavy atom. The van der Waals surface area contributed by atoms with Crippen molar-refractivity contribution < 1.29 is 9.53 Å². The summed E-state index contributed by atoms with van der Waals surface area (Å²) in [5.41, 5.74) is 6.66. The fourth-order valence-electron chi connectivity index (χ4n) is 1.90. The molecule has 92 valence electrons. The van der Waals surface area contributed by atoms with E-state index in [0.29, 0.717) is 17.9 Å². The van der Waals surface area contributed by atoms with Crippen molar-refractivity contribution in [2.75, 3.05) is 12.3 Å². The molecule has 0 heterocycles. The molecule has 0 saturated heterocycles. The van der Waals surface area contributed by atoms with E-state index >= 15 is 0 Å². The van der Waals surface area contributed by atoms with Crippen LogP contribution in [-0.2, 0) is 4.74 Å². The van der Waals surface area contributed by atoms with Gasteiger partial charge >= 0.3 is 5.97 Å². The quantitative estimate of drug-likeness (QED) is 0.685. The normalized spacial score (nSPS) is 15.4. The van der Waals surface area contributed by atoms with Gasteiger partial charge in [-0.15, -0.1) is 0 Å². The molecule has 1 aromatic carbocycles. The van der Waals surface area contributed by atoms with Crippen LogP contribution < -0.4 is 5.73 Å². The molecule has 0 aromatic heterocycles. The fraction of sp³-hybridized carbons (Fsp3) is 0.462. The van der Waals surface area contributed by atoms with Crippen LogP contribution in [0.1, 0.15) is 36.0 Å².